The SMILES string of the molecule is CCCP(CC)CCC#N. The van der Waals surface area contributed by atoms with Crippen LogP contribution in [0.15, 0.2) is 0 Å². The van der Waals surface area contributed by atoms with Gasteiger partial charge in [0, 0.05) is 6.42 Å². The van der Waals surface area contributed by atoms with E-state index in [0.29, 0.717) is 0 Å². The first-order valence-corrected chi connectivity index (χ1v) is 5.84. The zero-order chi connectivity index (χ0) is 7.82. The van der Waals surface area contributed by atoms with Crippen molar-refractivity contribution in [3.8, 4) is 6.07 Å². The van der Waals surface area contributed by atoms with Crippen molar-refractivity contribution in [2.75, 3.05) is 18.5 Å². The molecule has 1 atom stereocenters. The lowest BCUT2D eigenvalue weighted by Crippen LogP contribution is -1.90. The fourth-order valence-corrected chi connectivity index (χ4v) is 2.86. The van der Waals surface area contributed by atoms with E-state index in [1.165, 1.54) is 18.7 Å². The minimum absolute atomic E-state index is 0.213. The number of nitriles is 1. The molecule has 0 aliphatic rings. The quantitative estimate of drug-likeness (QED) is 0.563. The van der Waals surface area contributed by atoms with Crippen LogP contribution in [-0.4, -0.2) is 18.5 Å². The summed E-state index contributed by atoms with van der Waals surface area (Å²) in [7, 11) is 0.213. The minimum atomic E-state index is 0.213. The first-order chi connectivity index (χ1) is 4.85. The molecule has 0 rings (SSSR count). The molecule has 0 aromatic carbocycles. The van der Waals surface area contributed by atoms with Crippen molar-refractivity contribution in [2.24, 2.45) is 0 Å². The third-order valence-electron chi connectivity index (χ3n) is 1.53. The Hall–Kier alpha value is -0.0800. The summed E-state index contributed by atoms with van der Waals surface area (Å²) < 4.78 is 0. The molecule has 1 unspecified atom stereocenters. The Kier molecular flexibility index (Phi) is 6.98. The van der Waals surface area contributed by atoms with Gasteiger partial charge in [0.25, 0.3) is 0 Å². The predicted octanol–water partition coefficient (Wildman–Crippen LogP) is 2.81. The van der Waals surface area contributed by atoms with Crippen molar-refractivity contribution in [3.05, 3.63) is 0 Å². The molecule has 0 aromatic rings. The first kappa shape index (κ1) is 9.92. The highest BCUT2D eigenvalue weighted by atomic mass is 31.1. The smallest absolute Gasteiger partial charge is 0.0625 e. The molecule has 0 heterocycles. The highest BCUT2D eigenvalue weighted by Gasteiger charge is 2.01. The lowest BCUT2D eigenvalue weighted by molar-refractivity contribution is 1.08. The average molecular weight is 157 g/mol. The van der Waals surface area contributed by atoms with E-state index in [2.05, 4.69) is 19.9 Å². The molecule has 2 heteroatoms. The second-order valence-corrected chi connectivity index (χ2v) is 5.21. The molecule has 0 amide bonds. The third-order valence-corrected chi connectivity index (χ3v) is 4.36. The van der Waals surface area contributed by atoms with Gasteiger partial charge in [-0.2, -0.15) is 5.26 Å². The number of nitrogens with zero attached hydrogens (tertiary/aromatic N) is 1. The van der Waals surface area contributed by atoms with Crippen LogP contribution in [0.5, 0.6) is 0 Å². The Bertz CT molecular complexity index is 106. The van der Waals surface area contributed by atoms with Crippen molar-refractivity contribution in [2.45, 2.75) is 26.7 Å². The summed E-state index contributed by atoms with van der Waals surface area (Å²) in [5, 5.41) is 8.34. The van der Waals surface area contributed by atoms with Gasteiger partial charge in [0.2, 0.25) is 0 Å². The van der Waals surface area contributed by atoms with Crippen LogP contribution in [0.1, 0.15) is 26.7 Å². The molecule has 0 bridgehead atoms. The molecular weight excluding hydrogens is 141 g/mol. The van der Waals surface area contributed by atoms with Gasteiger partial charge in [-0.1, -0.05) is 20.3 Å². The van der Waals surface area contributed by atoms with Gasteiger partial charge in [-0.05, 0) is 18.5 Å². The Morgan fingerprint density at radius 3 is 2.40 bits per heavy atom. The van der Waals surface area contributed by atoms with Crippen LogP contribution in [0.3, 0.4) is 0 Å². The molecule has 1 nitrogen and oxygen atoms in total. The maximum Gasteiger partial charge on any atom is 0.0625 e. The molecule has 10 heavy (non-hydrogen) atoms. The molecule has 0 N–H and O–H groups in total. The predicted molar refractivity (Wildman–Crippen MR) is 47.7 cm³/mol. The number of hydrogen-bond acceptors (Lipinski definition) is 1. The molecular formula is C8H16NP. The van der Waals surface area contributed by atoms with Gasteiger partial charge in [-0.15, -0.1) is 7.92 Å². The standard InChI is InChI=1S/C8H16NP/c1-3-7-10(4-2)8-5-6-9/h3-5,7-8H2,1-2H3. The molecule has 0 spiro atoms. The van der Waals surface area contributed by atoms with E-state index in [1.54, 1.807) is 0 Å². The van der Waals surface area contributed by atoms with Crippen LogP contribution in [-0.2, 0) is 0 Å². The van der Waals surface area contributed by atoms with Gasteiger partial charge in [0.05, 0.1) is 6.07 Å². The topological polar surface area (TPSA) is 23.8 Å². The van der Waals surface area contributed by atoms with Crippen molar-refractivity contribution in [3.63, 3.8) is 0 Å². The fraction of sp³-hybridized carbons (Fsp3) is 0.875. The van der Waals surface area contributed by atoms with Gasteiger partial charge < -0.3 is 0 Å². The van der Waals surface area contributed by atoms with E-state index in [-0.39, 0.29) is 7.92 Å². The Morgan fingerprint density at radius 1 is 1.30 bits per heavy atom. The zero-order valence-corrected chi connectivity index (χ0v) is 7.82. The van der Waals surface area contributed by atoms with Crippen LogP contribution in [0.2, 0.25) is 0 Å². The summed E-state index contributed by atoms with van der Waals surface area (Å²) in [5.41, 5.74) is 0. The normalized spacial score (nSPS) is 12.5. The van der Waals surface area contributed by atoms with Crippen molar-refractivity contribution >= 4 is 7.92 Å². The van der Waals surface area contributed by atoms with Crippen LogP contribution in [0, 0.1) is 11.3 Å². The first-order valence-electron chi connectivity index (χ1n) is 3.94. The lowest BCUT2D eigenvalue weighted by Gasteiger charge is -2.11. The fourth-order valence-electron chi connectivity index (χ4n) is 0.952. The molecule has 0 aliphatic heterocycles. The Morgan fingerprint density at radius 2 is 2.00 bits per heavy atom. The zero-order valence-electron chi connectivity index (χ0n) is 6.93. The summed E-state index contributed by atoms with van der Waals surface area (Å²) in [5.74, 6) is 0. The Labute approximate surface area is 65.2 Å². The van der Waals surface area contributed by atoms with Crippen LogP contribution >= 0.6 is 7.92 Å². The number of hydrogen-bond donors (Lipinski definition) is 0. The van der Waals surface area contributed by atoms with Crippen LogP contribution in [0.25, 0.3) is 0 Å². The highest BCUT2D eigenvalue weighted by Crippen LogP contribution is 2.35. The summed E-state index contributed by atoms with van der Waals surface area (Å²) in [4.78, 5) is 0. The van der Waals surface area contributed by atoms with E-state index < -0.39 is 0 Å². The van der Waals surface area contributed by atoms with E-state index in [1.807, 2.05) is 0 Å². The van der Waals surface area contributed by atoms with Crippen LogP contribution in [0.4, 0.5) is 0 Å². The van der Waals surface area contributed by atoms with E-state index in [4.69, 9.17) is 5.26 Å². The Balaban J connectivity index is 3.32. The maximum absolute atomic E-state index is 8.34. The monoisotopic (exact) mass is 157 g/mol. The summed E-state index contributed by atoms with van der Waals surface area (Å²) in [6, 6.07) is 2.21. The van der Waals surface area contributed by atoms with E-state index >= 15 is 0 Å². The summed E-state index contributed by atoms with van der Waals surface area (Å²) >= 11 is 0. The molecule has 0 saturated heterocycles. The maximum atomic E-state index is 8.34. The van der Waals surface area contributed by atoms with E-state index in [9.17, 15) is 0 Å². The number of rotatable bonds is 5. The highest BCUT2D eigenvalue weighted by molar-refractivity contribution is 7.57. The molecule has 0 fully saturated rings. The largest absolute Gasteiger partial charge is 0.198 e. The van der Waals surface area contributed by atoms with Crippen LogP contribution < -0.4 is 0 Å². The van der Waals surface area contributed by atoms with Gasteiger partial charge in [0.1, 0.15) is 0 Å². The van der Waals surface area contributed by atoms with Gasteiger partial charge >= 0.3 is 0 Å². The van der Waals surface area contributed by atoms with Gasteiger partial charge in [-0.3, -0.25) is 0 Å². The third kappa shape index (κ3) is 4.77. The average Bonchev–Trinajstić information content (AvgIpc) is 1.98. The molecule has 0 saturated carbocycles. The lowest BCUT2D eigenvalue weighted by atomic mass is 10.6. The van der Waals surface area contributed by atoms with Crippen molar-refractivity contribution in [1.29, 1.82) is 5.26 Å². The molecule has 0 aromatic heterocycles. The summed E-state index contributed by atoms with van der Waals surface area (Å²) in [6.45, 7) is 4.45. The molecule has 0 radical (unpaired) electrons. The van der Waals surface area contributed by atoms with Gasteiger partial charge in [0.15, 0.2) is 0 Å². The summed E-state index contributed by atoms with van der Waals surface area (Å²) in [6.07, 6.45) is 5.86. The second-order valence-electron chi connectivity index (χ2n) is 2.34. The minimum Gasteiger partial charge on any atom is -0.198 e. The van der Waals surface area contributed by atoms with Gasteiger partial charge in [-0.25, -0.2) is 0 Å². The van der Waals surface area contributed by atoms with E-state index in [0.717, 1.165) is 12.6 Å². The van der Waals surface area contributed by atoms with Crippen molar-refractivity contribution in [1.82, 2.24) is 0 Å². The van der Waals surface area contributed by atoms with Crippen molar-refractivity contribution < 1.29 is 0 Å². The molecule has 0 aliphatic carbocycles. The molecule has 58 valence electrons. The second kappa shape index (κ2) is 7.03.